The predicted molar refractivity (Wildman–Crippen MR) is 96.4 cm³/mol. The van der Waals surface area contributed by atoms with Crippen LogP contribution in [0, 0.1) is 0 Å². The first-order valence-electron chi connectivity index (χ1n) is 7.96. The normalized spacial score (nSPS) is 13.0. The molecule has 4 nitrogen and oxygen atoms in total. The van der Waals surface area contributed by atoms with Crippen LogP contribution in [0.2, 0.25) is 5.02 Å². The summed E-state index contributed by atoms with van der Waals surface area (Å²) in [6, 6.07) is 13.9. The molecule has 0 saturated heterocycles. The molecular weight excluding hydrogens is 324 g/mol. The summed E-state index contributed by atoms with van der Waals surface area (Å²) in [6.07, 6.45) is 2.71. The fourth-order valence-electron chi connectivity index (χ4n) is 2.83. The van der Waals surface area contributed by atoms with Gasteiger partial charge in [0.15, 0.2) is 11.5 Å². The maximum atomic E-state index is 5.92. The Morgan fingerprint density at radius 1 is 1.00 bits per heavy atom. The number of nitrogens with one attached hydrogen (secondary N) is 1. The SMILES string of the molecule is Clc1ccc(CCNc2nccc3cc4c(cc23)OCCO4)cc1. The number of benzene rings is 2. The van der Waals surface area contributed by atoms with Gasteiger partial charge in [-0.3, -0.25) is 0 Å². The van der Waals surface area contributed by atoms with Crippen LogP contribution in [0.3, 0.4) is 0 Å². The molecule has 1 aliphatic rings. The van der Waals surface area contributed by atoms with Gasteiger partial charge in [-0.1, -0.05) is 23.7 Å². The molecule has 0 fully saturated rings. The van der Waals surface area contributed by atoms with Crippen LogP contribution in [0.1, 0.15) is 5.56 Å². The molecule has 0 bridgehead atoms. The van der Waals surface area contributed by atoms with Crippen molar-refractivity contribution in [2.24, 2.45) is 0 Å². The highest BCUT2D eigenvalue weighted by Crippen LogP contribution is 2.36. The molecule has 2 heterocycles. The summed E-state index contributed by atoms with van der Waals surface area (Å²) in [5.74, 6) is 2.44. The Labute approximate surface area is 145 Å². The first-order chi connectivity index (χ1) is 11.8. The standard InChI is InChI=1S/C19H17ClN2O2/c20-15-3-1-13(2-4-15)5-7-21-19-16-12-18-17(23-9-10-24-18)11-14(16)6-8-22-19/h1-4,6,8,11-12H,5,7,9-10H2,(H,21,22). The van der Waals surface area contributed by atoms with Crippen LogP contribution in [-0.4, -0.2) is 24.7 Å². The maximum Gasteiger partial charge on any atom is 0.162 e. The van der Waals surface area contributed by atoms with E-state index in [1.165, 1.54) is 5.56 Å². The highest BCUT2D eigenvalue weighted by atomic mass is 35.5. The number of hydrogen-bond acceptors (Lipinski definition) is 4. The van der Waals surface area contributed by atoms with Gasteiger partial charge in [0.2, 0.25) is 0 Å². The minimum Gasteiger partial charge on any atom is -0.486 e. The van der Waals surface area contributed by atoms with Crippen molar-refractivity contribution in [1.29, 1.82) is 0 Å². The Morgan fingerprint density at radius 3 is 2.54 bits per heavy atom. The van der Waals surface area contributed by atoms with Gasteiger partial charge in [-0.15, -0.1) is 0 Å². The Morgan fingerprint density at radius 2 is 1.75 bits per heavy atom. The number of aromatic nitrogens is 1. The van der Waals surface area contributed by atoms with E-state index < -0.39 is 0 Å². The van der Waals surface area contributed by atoms with Crippen LogP contribution in [0.25, 0.3) is 10.8 Å². The number of fused-ring (bicyclic) bond motifs is 2. The van der Waals surface area contributed by atoms with Crippen LogP contribution >= 0.6 is 11.6 Å². The molecule has 0 amide bonds. The lowest BCUT2D eigenvalue weighted by molar-refractivity contribution is 0.172. The van der Waals surface area contributed by atoms with Gasteiger partial charge in [0.25, 0.3) is 0 Å². The summed E-state index contributed by atoms with van der Waals surface area (Å²) in [6.45, 7) is 1.97. The van der Waals surface area contributed by atoms with E-state index in [9.17, 15) is 0 Å². The second kappa shape index (κ2) is 6.57. The van der Waals surface area contributed by atoms with Crippen molar-refractivity contribution in [3.63, 3.8) is 0 Å². The lowest BCUT2D eigenvalue weighted by Crippen LogP contribution is -2.15. The summed E-state index contributed by atoms with van der Waals surface area (Å²) in [5, 5.41) is 6.30. The molecule has 0 spiro atoms. The molecule has 1 N–H and O–H groups in total. The highest BCUT2D eigenvalue weighted by molar-refractivity contribution is 6.30. The van der Waals surface area contributed by atoms with Crippen LogP contribution in [0.5, 0.6) is 11.5 Å². The molecule has 0 atom stereocenters. The Kier molecular flexibility index (Phi) is 4.13. The maximum absolute atomic E-state index is 5.92. The Hall–Kier alpha value is -2.46. The molecular formula is C19H17ClN2O2. The Balaban J connectivity index is 1.54. The van der Waals surface area contributed by atoms with Gasteiger partial charge in [0.1, 0.15) is 19.0 Å². The molecule has 122 valence electrons. The third-order valence-corrected chi connectivity index (χ3v) is 4.30. The molecule has 0 aliphatic carbocycles. The minimum atomic E-state index is 0.581. The van der Waals surface area contributed by atoms with Crippen molar-refractivity contribution in [3.05, 3.63) is 59.2 Å². The highest BCUT2D eigenvalue weighted by Gasteiger charge is 2.14. The first-order valence-corrected chi connectivity index (χ1v) is 8.34. The van der Waals surface area contributed by atoms with Crippen molar-refractivity contribution >= 4 is 28.2 Å². The molecule has 5 heteroatoms. The van der Waals surface area contributed by atoms with Gasteiger partial charge >= 0.3 is 0 Å². The van der Waals surface area contributed by atoms with E-state index in [0.717, 1.165) is 46.1 Å². The minimum absolute atomic E-state index is 0.581. The van der Waals surface area contributed by atoms with Gasteiger partial charge in [-0.05, 0) is 47.7 Å². The van der Waals surface area contributed by atoms with Crippen LogP contribution < -0.4 is 14.8 Å². The van der Waals surface area contributed by atoms with Crippen LogP contribution in [-0.2, 0) is 6.42 Å². The fourth-order valence-corrected chi connectivity index (χ4v) is 2.95. The van der Waals surface area contributed by atoms with E-state index in [0.29, 0.717) is 13.2 Å². The lowest BCUT2D eigenvalue weighted by atomic mass is 10.1. The summed E-state index contributed by atoms with van der Waals surface area (Å²) in [5.41, 5.74) is 1.24. The zero-order valence-electron chi connectivity index (χ0n) is 13.1. The van der Waals surface area contributed by atoms with E-state index in [1.807, 2.05) is 48.7 Å². The molecule has 1 aromatic heterocycles. The number of anilines is 1. The zero-order valence-corrected chi connectivity index (χ0v) is 13.8. The quantitative estimate of drug-likeness (QED) is 0.768. The number of hydrogen-bond donors (Lipinski definition) is 1. The summed E-state index contributed by atoms with van der Waals surface area (Å²) < 4.78 is 11.3. The van der Waals surface area contributed by atoms with Crippen molar-refractivity contribution in [2.75, 3.05) is 25.1 Å². The van der Waals surface area contributed by atoms with E-state index in [4.69, 9.17) is 21.1 Å². The second-order valence-corrected chi connectivity index (χ2v) is 6.12. The van der Waals surface area contributed by atoms with Crippen molar-refractivity contribution in [2.45, 2.75) is 6.42 Å². The average molecular weight is 341 g/mol. The number of ether oxygens (including phenoxy) is 2. The van der Waals surface area contributed by atoms with Crippen molar-refractivity contribution < 1.29 is 9.47 Å². The third kappa shape index (κ3) is 3.10. The monoisotopic (exact) mass is 340 g/mol. The van der Waals surface area contributed by atoms with Gasteiger partial charge in [0.05, 0.1) is 0 Å². The molecule has 0 radical (unpaired) electrons. The first kappa shape index (κ1) is 15.1. The second-order valence-electron chi connectivity index (χ2n) is 5.68. The van der Waals surface area contributed by atoms with Crippen LogP contribution in [0.4, 0.5) is 5.82 Å². The summed E-state index contributed by atoms with van der Waals surface area (Å²) >= 11 is 5.92. The topological polar surface area (TPSA) is 43.4 Å². The van der Waals surface area contributed by atoms with Gasteiger partial charge in [-0.25, -0.2) is 4.98 Å². The van der Waals surface area contributed by atoms with Crippen LogP contribution in [0.15, 0.2) is 48.7 Å². The predicted octanol–water partition coefficient (Wildman–Crippen LogP) is 4.31. The molecule has 0 unspecified atom stereocenters. The molecule has 24 heavy (non-hydrogen) atoms. The molecule has 0 saturated carbocycles. The zero-order chi connectivity index (χ0) is 16.4. The average Bonchev–Trinajstić information content (AvgIpc) is 2.62. The van der Waals surface area contributed by atoms with Gasteiger partial charge in [-0.2, -0.15) is 0 Å². The third-order valence-electron chi connectivity index (χ3n) is 4.05. The van der Waals surface area contributed by atoms with E-state index in [1.54, 1.807) is 0 Å². The lowest BCUT2D eigenvalue weighted by Gasteiger charge is -2.19. The smallest absolute Gasteiger partial charge is 0.162 e. The van der Waals surface area contributed by atoms with Crippen molar-refractivity contribution in [3.8, 4) is 11.5 Å². The van der Waals surface area contributed by atoms with E-state index in [-0.39, 0.29) is 0 Å². The van der Waals surface area contributed by atoms with Gasteiger partial charge < -0.3 is 14.8 Å². The fraction of sp³-hybridized carbons (Fsp3) is 0.211. The number of pyridine rings is 1. The Bertz CT molecular complexity index is 865. The molecule has 1 aliphatic heterocycles. The van der Waals surface area contributed by atoms with Gasteiger partial charge in [0, 0.05) is 23.2 Å². The molecule has 2 aromatic carbocycles. The largest absolute Gasteiger partial charge is 0.486 e. The summed E-state index contributed by atoms with van der Waals surface area (Å²) in [4.78, 5) is 4.47. The summed E-state index contributed by atoms with van der Waals surface area (Å²) in [7, 11) is 0. The van der Waals surface area contributed by atoms with E-state index in [2.05, 4.69) is 10.3 Å². The van der Waals surface area contributed by atoms with Crippen molar-refractivity contribution in [1.82, 2.24) is 4.98 Å². The number of nitrogens with zero attached hydrogens (tertiary/aromatic N) is 1. The number of halogens is 1. The molecule has 3 aromatic rings. The molecule has 4 rings (SSSR count). The number of rotatable bonds is 4. The van der Waals surface area contributed by atoms with E-state index >= 15 is 0 Å².